The van der Waals surface area contributed by atoms with Gasteiger partial charge in [0.25, 0.3) is 0 Å². The van der Waals surface area contributed by atoms with Crippen molar-refractivity contribution in [3.8, 4) is 0 Å². The number of nitrogens with zero attached hydrogens (tertiary/aromatic N) is 1. The smallest absolute Gasteiger partial charge is 0.0836 e. The van der Waals surface area contributed by atoms with Gasteiger partial charge in [-0.15, -0.1) is 0 Å². The maximum absolute atomic E-state index is 9.61. The lowest BCUT2D eigenvalue weighted by Gasteiger charge is -2.40. The number of nitrogens with two attached hydrogens (primary N) is 1. The highest BCUT2D eigenvalue weighted by Crippen LogP contribution is 2.34. The molecule has 2 aliphatic rings. The maximum Gasteiger partial charge on any atom is 0.0836 e. The number of likely N-dealkylation sites (tertiary alicyclic amines) is 1. The second-order valence-electron chi connectivity index (χ2n) is 4.73. The molecule has 0 aromatic heterocycles. The molecule has 3 heteroatoms. The van der Waals surface area contributed by atoms with Crippen LogP contribution in [0.3, 0.4) is 0 Å². The molecular formula is C12H22N2O. The minimum absolute atomic E-state index is 0.369. The molecule has 1 aliphatic carbocycles. The van der Waals surface area contributed by atoms with E-state index in [4.69, 9.17) is 5.73 Å². The molecule has 0 spiro atoms. The average molecular weight is 210 g/mol. The van der Waals surface area contributed by atoms with E-state index in [1.54, 1.807) is 0 Å². The van der Waals surface area contributed by atoms with E-state index in [-0.39, 0.29) is 6.10 Å². The Labute approximate surface area is 91.9 Å². The first-order valence-corrected chi connectivity index (χ1v) is 6.14. The van der Waals surface area contributed by atoms with Crippen LogP contribution in [0.4, 0.5) is 0 Å². The van der Waals surface area contributed by atoms with E-state index in [1.807, 2.05) is 0 Å². The molecule has 1 saturated heterocycles. The fourth-order valence-corrected chi connectivity index (χ4v) is 2.79. The molecular weight excluding hydrogens is 188 g/mol. The third-order valence-corrected chi connectivity index (χ3v) is 3.58. The van der Waals surface area contributed by atoms with Crippen molar-refractivity contribution in [2.75, 3.05) is 19.6 Å². The lowest BCUT2D eigenvalue weighted by atomic mass is 9.85. The van der Waals surface area contributed by atoms with Gasteiger partial charge in [-0.05, 0) is 38.0 Å². The maximum atomic E-state index is 9.61. The van der Waals surface area contributed by atoms with Crippen LogP contribution >= 0.6 is 0 Å². The summed E-state index contributed by atoms with van der Waals surface area (Å²) in [5, 5.41) is 9.61. The minimum Gasteiger partial charge on any atom is -0.390 e. The predicted octanol–water partition coefficient (Wildman–Crippen LogP) is 1.09. The van der Waals surface area contributed by atoms with Gasteiger partial charge >= 0.3 is 0 Å². The first kappa shape index (κ1) is 11.0. The normalized spacial score (nSPS) is 28.3. The Bertz CT molecular complexity index is 240. The number of fused-ring (bicyclic) bond motifs is 1. The van der Waals surface area contributed by atoms with Crippen molar-refractivity contribution in [1.29, 1.82) is 0 Å². The van der Waals surface area contributed by atoms with Crippen LogP contribution in [-0.2, 0) is 0 Å². The Morgan fingerprint density at radius 2 is 2.27 bits per heavy atom. The van der Waals surface area contributed by atoms with Crippen molar-refractivity contribution in [3.63, 3.8) is 0 Å². The number of hydrogen-bond donors (Lipinski definition) is 2. The first-order valence-electron chi connectivity index (χ1n) is 6.14. The van der Waals surface area contributed by atoms with Gasteiger partial charge in [0, 0.05) is 25.3 Å². The summed E-state index contributed by atoms with van der Waals surface area (Å²) in [7, 11) is 0. The second-order valence-corrected chi connectivity index (χ2v) is 4.73. The molecule has 0 aromatic carbocycles. The Hall–Kier alpha value is -0.540. The highest BCUT2D eigenvalue weighted by atomic mass is 16.3. The molecule has 3 N–H and O–H groups in total. The van der Waals surface area contributed by atoms with Gasteiger partial charge in [0.2, 0.25) is 0 Å². The molecule has 1 unspecified atom stereocenters. The quantitative estimate of drug-likeness (QED) is 0.733. The van der Waals surface area contributed by atoms with Crippen LogP contribution in [0, 0.1) is 5.92 Å². The van der Waals surface area contributed by atoms with Crippen molar-refractivity contribution < 1.29 is 5.11 Å². The van der Waals surface area contributed by atoms with Crippen LogP contribution in [-0.4, -0.2) is 35.7 Å². The topological polar surface area (TPSA) is 49.5 Å². The Kier molecular flexibility index (Phi) is 3.65. The molecule has 0 aromatic rings. The first-order chi connectivity index (χ1) is 7.31. The average Bonchev–Trinajstić information content (AvgIpc) is 2.29. The Balaban J connectivity index is 2.00. The zero-order valence-corrected chi connectivity index (χ0v) is 9.36. The Morgan fingerprint density at radius 1 is 1.47 bits per heavy atom. The fourth-order valence-electron chi connectivity index (χ4n) is 2.79. The molecule has 0 bridgehead atoms. The summed E-state index contributed by atoms with van der Waals surface area (Å²) in [6.45, 7) is 2.19. The standard InChI is InChI=1S/C12H22N2O/c13-8-11(15)9-14-7-3-5-10-4-1-2-6-12(10)14/h6,10-11,15H,1-5,7-9,13H2/t10?,11-/m0/s1. The molecule has 15 heavy (non-hydrogen) atoms. The fraction of sp³-hybridized carbons (Fsp3) is 0.833. The van der Waals surface area contributed by atoms with Crippen LogP contribution in [0.25, 0.3) is 0 Å². The molecule has 3 nitrogen and oxygen atoms in total. The summed E-state index contributed by atoms with van der Waals surface area (Å²) in [5.41, 5.74) is 6.95. The van der Waals surface area contributed by atoms with Gasteiger partial charge in [-0.3, -0.25) is 0 Å². The molecule has 1 aliphatic heterocycles. The number of allylic oxidation sites excluding steroid dienone is 2. The third-order valence-electron chi connectivity index (χ3n) is 3.58. The summed E-state index contributed by atoms with van der Waals surface area (Å²) in [5.74, 6) is 0.762. The lowest BCUT2D eigenvalue weighted by Crippen LogP contribution is -2.41. The third kappa shape index (κ3) is 2.52. The number of β-amino-alcohol motifs (C(OH)–C–C–N with tert-alkyl or cyclic N) is 1. The van der Waals surface area contributed by atoms with E-state index in [9.17, 15) is 5.11 Å². The van der Waals surface area contributed by atoms with Gasteiger partial charge in [-0.1, -0.05) is 6.08 Å². The van der Waals surface area contributed by atoms with Gasteiger partial charge in [0.1, 0.15) is 0 Å². The molecule has 2 rings (SSSR count). The summed E-state index contributed by atoms with van der Waals surface area (Å²) in [6.07, 6.45) is 8.48. The van der Waals surface area contributed by atoms with E-state index in [2.05, 4.69) is 11.0 Å². The van der Waals surface area contributed by atoms with E-state index in [0.29, 0.717) is 6.54 Å². The molecule has 2 atom stereocenters. The van der Waals surface area contributed by atoms with Gasteiger partial charge in [0.15, 0.2) is 0 Å². The van der Waals surface area contributed by atoms with Crippen LogP contribution in [0.5, 0.6) is 0 Å². The van der Waals surface area contributed by atoms with Crippen molar-refractivity contribution >= 4 is 0 Å². The number of piperidine rings is 1. The number of aliphatic hydroxyl groups is 1. The van der Waals surface area contributed by atoms with Crippen molar-refractivity contribution in [2.24, 2.45) is 11.7 Å². The zero-order valence-electron chi connectivity index (χ0n) is 9.36. The molecule has 0 amide bonds. The highest BCUT2D eigenvalue weighted by Gasteiger charge is 2.27. The van der Waals surface area contributed by atoms with Crippen LogP contribution in [0.2, 0.25) is 0 Å². The van der Waals surface area contributed by atoms with Crippen LogP contribution in [0.15, 0.2) is 11.8 Å². The van der Waals surface area contributed by atoms with E-state index < -0.39 is 0 Å². The van der Waals surface area contributed by atoms with Crippen molar-refractivity contribution in [2.45, 2.75) is 38.2 Å². The van der Waals surface area contributed by atoms with Gasteiger partial charge < -0.3 is 15.7 Å². The monoisotopic (exact) mass is 210 g/mol. The molecule has 86 valence electrons. The van der Waals surface area contributed by atoms with Gasteiger partial charge in [0.05, 0.1) is 6.10 Å². The minimum atomic E-state index is -0.369. The van der Waals surface area contributed by atoms with Gasteiger partial charge in [-0.25, -0.2) is 0 Å². The molecule has 0 radical (unpaired) electrons. The zero-order chi connectivity index (χ0) is 10.7. The SMILES string of the molecule is NC[C@H](O)CN1CCCC2CCCC=C21. The van der Waals surface area contributed by atoms with Crippen LogP contribution in [0.1, 0.15) is 32.1 Å². The van der Waals surface area contributed by atoms with Crippen LogP contribution < -0.4 is 5.73 Å². The van der Waals surface area contributed by atoms with E-state index >= 15 is 0 Å². The van der Waals surface area contributed by atoms with E-state index in [1.165, 1.54) is 37.8 Å². The summed E-state index contributed by atoms with van der Waals surface area (Å²) in [6, 6.07) is 0. The van der Waals surface area contributed by atoms with Gasteiger partial charge in [-0.2, -0.15) is 0 Å². The summed E-state index contributed by atoms with van der Waals surface area (Å²) in [4.78, 5) is 2.35. The van der Waals surface area contributed by atoms with Crippen molar-refractivity contribution in [3.05, 3.63) is 11.8 Å². The Morgan fingerprint density at radius 3 is 3.07 bits per heavy atom. The van der Waals surface area contributed by atoms with E-state index in [0.717, 1.165) is 19.0 Å². The molecule has 0 saturated carbocycles. The number of hydrogen-bond acceptors (Lipinski definition) is 3. The second kappa shape index (κ2) is 4.99. The molecule has 1 fully saturated rings. The largest absolute Gasteiger partial charge is 0.390 e. The molecule has 1 heterocycles. The number of rotatable bonds is 3. The van der Waals surface area contributed by atoms with Crippen molar-refractivity contribution in [1.82, 2.24) is 4.90 Å². The predicted molar refractivity (Wildman–Crippen MR) is 61.3 cm³/mol. The number of aliphatic hydroxyl groups excluding tert-OH is 1. The summed E-state index contributed by atoms with van der Waals surface area (Å²) >= 11 is 0. The summed E-state index contributed by atoms with van der Waals surface area (Å²) < 4.78 is 0. The highest BCUT2D eigenvalue weighted by molar-refractivity contribution is 5.11. The lowest BCUT2D eigenvalue weighted by molar-refractivity contribution is 0.113.